The van der Waals surface area contributed by atoms with Gasteiger partial charge >= 0.3 is 0 Å². The number of fused-ring (bicyclic) bond motifs is 2. The van der Waals surface area contributed by atoms with Gasteiger partial charge in [0, 0.05) is 23.1 Å². The Morgan fingerprint density at radius 3 is 2.77 bits per heavy atom. The SMILES string of the molecule is C=CCN1C(=O)COc2ccc(C(=O)Cn3cnc4scc(-c5ccc(C)cc5C)c4c3=O)cc21. The molecule has 0 aliphatic carbocycles. The molecule has 0 spiro atoms. The number of carbonyl (C=O) groups is 2. The molecule has 0 radical (unpaired) electrons. The average molecular weight is 486 g/mol. The van der Waals surface area contributed by atoms with Crippen molar-refractivity contribution in [2.45, 2.75) is 20.4 Å². The van der Waals surface area contributed by atoms with Crippen molar-refractivity contribution in [1.29, 1.82) is 0 Å². The van der Waals surface area contributed by atoms with Gasteiger partial charge in [0.1, 0.15) is 10.6 Å². The third kappa shape index (κ3) is 4.06. The first-order valence-corrected chi connectivity index (χ1v) is 12.0. The van der Waals surface area contributed by atoms with Crippen molar-refractivity contribution in [3.05, 3.63) is 87.8 Å². The predicted octanol–water partition coefficient (Wildman–Crippen LogP) is 4.54. The van der Waals surface area contributed by atoms with Crippen LogP contribution in [0.4, 0.5) is 5.69 Å². The van der Waals surface area contributed by atoms with E-state index < -0.39 is 0 Å². The van der Waals surface area contributed by atoms with Gasteiger partial charge in [-0.25, -0.2) is 4.98 Å². The molecule has 0 unspecified atom stereocenters. The van der Waals surface area contributed by atoms with Crippen LogP contribution in [-0.2, 0) is 11.3 Å². The van der Waals surface area contributed by atoms with E-state index in [4.69, 9.17) is 4.74 Å². The van der Waals surface area contributed by atoms with E-state index in [1.807, 2.05) is 31.4 Å². The van der Waals surface area contributed by atoms with Crippen LogP contribution in [0.3, 0.4) is 0 Å². The molecule has 0 saturated carbocycles. The summed E-state index contributed by atoms with van der Waals surface area (Å²) < 4.78 is 6.84. The Hall–Kier alpha value is -4.04. The molecule has 35 heavy (non-hydrogen) atoms. The van der Waals surface area contributed by atoms with Crippen LogP contribution in [0.25, 0.3) is 21.3 Å². The summed E-state index contributed by atoms with van der Waals surface area (Å²) in [6.07, 6.45) is 3.04. The number of Topliss-reactive ketones (excluding diaryl/α,β-unsaturated/α-hetero) is 1. The highest BCUT2D eigenvalue weighted by Gasteiger charge is 2.26. The van der Waals surface area contributed by atoms with Gasteiger partial charge in [0.2, 0.25) is 0 Å². The normalized spacial score (nSPS) is 13.0. The zero-order valence-corrected chi connectivity index (χ0v) is 20.2. The molecular weight excluding hydrogens is 462 g/mol. The number of rotatable bonds is 6. The third-order valence-corrected chi connectivity index (χ3v) is 6.97. The van der Waals surface area contributed by atoms with Crippen molar-refractivity contribution in [3.8, 4) is 16.9 Å². The zero-order chi connectivity index (χ0) is 24.7. The second kappa shape index (κ2) is 8.96. The van der Waals surface area contributed by atoms with E-state index in [0.29, 0.717) is 33.8 Å². The smallest absolute Gasteiger partial charge is 0.265 e. The van der Waals surface area contributed by atoms with E-state index in [1.165, 1.54) is 27.1 Å². The summed E-state index contributed by atoms with van der Waals surface area (Å²) in [6.45, 7) is 7.83. The summed E-state index contributed by atoms with van der Waals surface area (Å²) in [5.41, 5.74) is 4.66. The standard InChI is InChI=1S/C27H23N3O4S/c1-4-9-30-21-11-18(6-8-23(21)34-13-24(30)32)22(31)12-29-15-28-26-25(27(29)33)20(14-35-26)19-7-5-16(2)10-17(19)3/h4-8,10-11,14-15H,1,9,12-13H2,2-3H3. The summed E-state index contributed by atoms with van der Waals surface area (Å²) in [5, 5.41) is 2.45. The number of anilines is 1. The second-order valence-electron chi connectivity index (χ2n) is 8.51. The Morgan fingerprint density at radius 1 is 1.17 bits per heavy atom. The minimum Gasteiger partial charge on any atom is -0.482 e. The number of hydrogen-bond donors (Lipinski definition) is 0. The zero-order valence-electron chi connectivity index (χ0n) is 19.4. The minimum absolute atomic E-state index is 0.0569. The van der Waals surface area contributed by atoms with Crippen LogP contribution in [0.1, 0.15) is 21.5 Å². The van der Waals surface area contributed by atoms with Crippen molar-refractivity contribution in [2.24, 2.45) is 0 Å². The Labute approximate surface area is 205 Å². The highest BCUT2D eigenvalue weighted by atomic mass is 32.1. The van der Waals surface area contributed by atoms with Crippen LogP contribution in [0.5, 0.6) is 5.75 Å². The van der Waals surface area contributed by atoms with E-state index in [0.717, 1.165) is 22.3 Å². The van der Waals surface area contributed by atoms with Crippen molar-refractivity contribution < 1.29 is 14.3 Å². The van der Waals surface area contributed by atoms with Crippen LogP contribution >= 0.6 is 11.3 Å². The molecule has 1 amide bonds. The van der Waals surface area contributed by atoms with Crippen molar-refractivity contribution in [2.75, 3.05) is 18.1 Å². The Morgan fingerprint density at radius 2 is 2.00 bits per heavy atom. The van der Waals surface area contributed by atoms with Gasteiger partial charge in [-0.05, 0) is 43.2 Å². The maximum atomic E-state index is 13.4. The predicted molar refractivity (Wildman–Crippen MR) is 138 cm³/mol. The lowest BCUT2D eigenvalue weighted by Crippen LogP contribution is -2.39. The van der Waals surface area contributed by atoms with E-state index >= 15 is 0 Å². The summed E-state index contributed by atoms with van der Waals surface area (Å²) in [4.78, 5) is 45.5. The van der Waals surface area contributed by atoms with Gasteiger partial charge < -0.3 is 9.64 Å². The average Bonchev–Trinajstić information content (AvgIpc) is 3.27. The minimum atomic E-state index is -0.268. The molecule has 1 aliphatic rings. The van der Waals surface area contributed by atoms with Crippen molar-refractivity contribution >= 4 is 38.9 Å². The van der Waals surface area contributed by atoms with E-state index in [-0.39, 0.29) is 30.4 Å². The maximum absolute atomic E-state index is 13.4. The molecule has 0 fully saturated rings. The van der Waals surface area contributed by atoms with Crippen molar-refractivity contribution in [3.63, 3.8) is 0 Å². The van der Waals surface area contributed by atoms with Gasteiger partial charge in [-0.15, -0.1) is 17.9 Å². The molecule has 8 heteroatoms. The summed E-state index contributed by atoms with van der Waals surface area (Å²) in [5.74, 6) is 0.0554. The molecule has 0 atom stereocenters. The van der Waals surface area contributed by atoms with Gasteiger partial charge in [-0.2, -0.15) is 0 Å². The van der Waals surface area contributed by atoms with Gasteiger partial charge in [0.05, 0.1) is 23.9 Å². The van der Waals surface area contributed by atoms with Gasteiger partial charge in [-0.3, -0.25) is 19.0 Å². The highest BCUT2D eigenvalue weighted by Crippen LogP contribution is 2.34. The van der Waals surface area contributed by atoms with Crippen LogP contribution in [-0.4, -0.2) is 34.4 Å². The van der Waals surface area contributed by atoms with Crippen molar-refractivity contribution in [1.82, 2.24) is 9.55 Å². The number of ketones is 1. The molecular formula is C27H23N3O4S. The fourth-order valence-corrected chi connectivity index (χ4v) is 5.24. The Kier molecular flexibility index (Phi) is 5.82. The van der Waals surface area contributed by atoms with Crippen LogP contribution in [0.15, 0.2) is 65.6 Å². The molecule has 176 valence electrons. The number of aromatic nitrogens is 2. The lowest BCUT2D eigenvalue weighted by molar-refractivity contribution is -0.121. The maximum Gasteiger partial charge on any atom is 0.265 e. The first-order chi connectivity index (χ1) is 16.9. The van der Waals surface area contributed by atoms with Gasteiger partial charge in [-0.1, -0.05) is 29.8 Å². The lowest BCUT2D eigenvalue weighted by Gasteiger charge is -2.28. The molecule has 1 aliphatic heterocycles. The molecule has 3 heterocycles. The number of benzene rings is 2. The highest BCUT2D eigenvalue weighted by molar-refractivity contribution is 7.17. The van der Waals surface area contributed by atoms with E-state index in [2.05, 4.69) is 17.6 Å². The number of nitrogens with zero attached hydrogens (tertiary/aromatic N) is 3. The summed E-state index contributed by atoms with van der Waals surface area (Å²) in [7, 11) is 0. The lowest BCUT2D eigenvalue weighted by atomic mass is 9.99. The first kappa shape index (κ1) is 22.7. The fourth-order valence-electron chi connectivity index (χ4n) is 4.35. The largest absolute Gasteiger partial charge is 0.482 e. The number of hydrogen-bond acceptors (Lipinski definition) is 6. The number of ether oxygens (including phenoxy) is 1. The third-order valence-electron chi connectivity index (χ3n) is 6.08. The molecule has 0 saturated heterocycles. The topological polar surface area (TPSA) is 81.5 Å². The Bertz CT molecular complexity index is 1570. The summed E-state index contributed by atoms with van der Waals surface area (Å²) >= 11 is 1.41. The number of aryl methyl sites for hydroxylation is 2. The molecule has 2 aromatic carbocycles. The van der Waals surface area contributed by atoms with Gasteiger partial charge in [0.25, 0.3) is 11.5 Å². The number of carbonyl (C=O) groups excluding carboxylic acids is 2. The fraction of sp³-hybridized carbons (Fsp3) is 0.185. The monoisotopic (exact) mass is 485 g/mol. The number of thiophene rings is 1. The van der Waals surface area contributed by atoms with Crippen LogP contribution < -0.4 is 15.2 Å². The molecule has 0 N–H and O–H groups in total. The van der Waals surface area contributed by atoms with Crippen LogP contribution in [0, 0.1) is 13.8 Å². The quantitative estimate of drug-likeness (QED) is 0.296. The van der Waals surface area contributed by atoms with E-state index in [1.54, 1.807) is 24.3 Å². The molecule has 2 aromatic heterocycles. The van der Waals surface area contributed by atoms with E-state index in [9.17, 15) is 14.4 Å². The summed E-state index contributed by atoms with van der Waals surface area (Å²) in [6, 6.07) is 11.1. The second-order valence-corrected chi connectivity index (χ2v) is 9.37. The Balaban J connectivity index is 1.50. The molecule has 0 bridgehead atoms. The van der Waals surface area contributed by atoms with Gasteiger partial charge in [0.15, 0.2) is 12.4 Å². The number of amides is 1. The molecule has 7 nitrogen and oxygen atoms in total. The van der Waals surface area contributed by atoms with Crippen LogP contribution in [0.2, 0.25) is 0 Å². The molecule has 5 rings (SSSR count). The molecule has 4 aromatic rings. The first-order valence-electron chi connectivity index (χ1n) is 11.1.